The molecule has 0 heterocycles. The first-order valence-electron chi connectivity index (χ1n) is 10.7. The molecule has 1 aliphatic rings. The molecule has 33 heavy (non-hydrogen) atoms. The van der Waals surface area contributed by atoms with Gasteiger partial charge in [0.1, 0.15) is 5.75 Å². The second-order valence-corrected chi connectivity index (χ2v) is 9.86. The largest absolute Gasteiger partial charge is 0.496 e. The maximum absolute atomic E-state index is 13.1. The number of hydrogen-bond donors (Lipinski definition) is 2. The summed E-state index contributed by atoms with van der Waals surface area (Å²) in [5.41, 5.74) is 1.36. The predicted octanol–water partition coefficient (Wildman–Crippen LogP) is 4.22. The molecule has 2 aromatic rings. The monoisotopic (exact) mass is 482 g/mol. The van der Waals surface area contributed by atoms with E-state index >= 15 is 0 Å². The fourth-order valence-electron chi connectivity index (χ4n) is 4.43. The number of alkyl halides is 3. The van der Waals surface area contributed by atoms with Gasteiger partial charge in [0.05, 0.1) is 7.11 Å². The first-order chi connectivity index (χ1) is 15.6. The molecule has 1 amide bonds. The Bertz CT molecular complexity index is 1020. The van der Waals surface area contributed by atoms with Gasteiger partial charge in [0.15, 0.2) is 0 Å². The standard InChI is InChI=1S/C24H29F3N2O3S/c1-28-19-9-11-23(12-10-19,29-22(30)24(25,26)27)15-18-13-17(7-8-21(18)32-2)16-5-4-6-20(14-16)33(3)31/h4-8,13-14,19,28H,9-12,15H2,1-3H3,(H,29,30). The molecule has 0 aliphatic heterocycles. The number of amides is 1. The van der Waals surface area contributed by atoms with Crippen molar-refractivity contribution >= 4 is 16.7 Å². The average Bonchev–Trinajstić information content (AvgIpc) is 2.79. The summed E-state index contributed by atoms with van der Waals surface area (Å²) >= 11 is 0. The van der Waals surface area contributed by atoms with Crippen LogP contribution in [0.2, 0.25) is 0 Å². The maximum atomic E-state index is 13.1. The smallest absolute Gasteiger partial charge is 0.471 e. The normalized spacial score (nSPS) is 21.9. The van der Waals surface area contributed by atoms with Crippen molar-refractivity contribution in [1.82, 2.24) is 10.6 Å². The third kappa shape index (κ3) is 6.14. The molecular weight excluding hydrogens is 453 g/mol. The Morgan fingerprint density at radius 1 is 1.15 bits per heavy atom. The van der Waals surface area contributed by atoms with E-state index in [0.717, 1.165) is 11.1 Å². The lowest BCUT2D eigenvalue weighted by atomic mass is 9.75. The van der Waals surface area contributed by atoms with Crippen molar-refractivity contribution in [2.75, 3.05) is 20.4 Å². The highest BCUT2D eigenvalue weighted by atomic mass is 32.2. The minimum absolute atomic E-state index is 0.201. The quantitative estimate of drug-likeness (QED) is 0.620. The lowest BCUT2D eigenvalue weighted by Crippen LogP contribution is -2.57. The van der Waals surface area contributed by atoms with Crippen LogP contribution in [0.5, 0.6) is 5.75 Å². The predicted molar refractivity (Wildman–Crippen MR) is 123 cm³/mol. The molecule has 0 radical (unpaired) electrons. The lowest BCUT2D eigenvalue weighted by molar-refractivity contribution is -0.176. The summed E-state index contributed by atoms with van der Waals surface area (Å²) in [7, 11) is 2.20. The van der Waals surface area contributed by atoms with Crippen molar-refractivity contribution in [1.29, 1.82) is 0 Å². The molecule has 5 nitrogen and oxygen atoms in total. The van der Waals surface area contributed by atoms with Crippen LogP contribution in [-0.4, -0.2) is 48.3 Å². The number of carbonyl (C=O) groups excluding carboxylic acids is 1. The van der Waals surface area contributed by atoms with E-state index in [9.17, 15) is 22.2 Å². The van der Waals surface area contributed by atoms with E-state index < -0.39 is 28.4 Å². The van der Waals surface area contributed by atoms with E-state index in [-0.39, 0.29) is 12.5 Å². The Morgan fingerprint density at radius 2 is 1.82 bits per heavy atom. The van der Waals surface area contributed by atoms with Gasteiger partial charge in [-0.15, -0.1) is 0 Å². The van der Waals surface area contributed by atoms with E-state index in [1.54, 1.807) is 18.4 Å². The van der Waals surface area contributed by atoms with E-state index in [4.69, 9.17) is 4.74 Å². The summed E-state index contributed by atoms with van der Waals surface area (Å²) in [6, 6.07) is 13.0. The van der Waals surface area contributed by atoms with Gasteiger partial charge < -0.3 is 15.4 Å². The first kappa shape index (κ1) is 25.2. The van der Waals surface area contributed by atoms with Gasteiger partial charge in [0.2, 0.25) is 0 Å². The van der Waals surface area contributed by atoms with Crippen LogP contribution in [-0.2, 0) is 22.0 Å². The van der Waals surface area contributed by atoms with Crippen LogP contribution in [0.4, 0.5) is 13.2 Å². The maximum Gasteiger partial charge on any atom is 0.471 e. The van der Waals surface area contributed by atoms with Crippen molar-refractivity contribution in [3.05, 3.63) is 48.0 Å². The molecule has 0 spiro atoms. The number of hydrogen-bond acceptors (Lipinski definition) is 4. The van der Waals surface area contributed by atoms with Crippen molar-refractivity contribution < 1.29 is 26.9 Å². The molecule has 0 bridgehead atoms. The molecule has 9 heteroatoms. The number of methoxy groups -OCH3 is 1. The highest BCUT2D eigenvalue weighted by molar-refractivity contribution is 7.84. The van der Waals surface area contributed by atoms with Crippen LogP contribution < -0.4 is 15.4 Å². The van der Waals surface area contributed by atoms with Crippen LogP contribution in [0.25, 0.3) is 11.1 Å². The Hall–Kier alpha value is -2.39. The molecule has 1 fully saturated rings. The molecule has 2 N–H and O–H groups in total. The molecule has 0 saturated heterocycles. The highest BCUT2D eigenvalue weighted by Gasteiger charge is 2.45. The van der Waals surface area contributed by atoms with Crippen LogP contribution >= 0.6 is 0 Å². The molecule has 0 aromatic heterocycles. The topological polar surface area (TPSA) is 67.4 Å². The first-order valence-corrected chi connectivity index (χ1v) is 12.3. The van der Waals surface area contributed by atoms with E-state index in [2.05, 4.69) is 10.6 Å². The Balaban J connectivity index is 1.98. The second kappa shape index (κ2) is 10.3. The molecule has 3 rings (SSSR count). The van der Waals surface area contributed by atoms with Gasteiger partial charge in [-0.1, -0.05) is 18.2 Å². The number of carbonyl (C=O) groups is 1. The summed E-state index contributed by atoms with van der Waals surface area (Å²) in [6.07, 6.45) is -0.998. The summed E-state index contributed by atoms with van der Waals surface area (Å²) in [4.78, 5) is 12.6. The van der Waals surface area contributed by atoms with Crippen LogP contribution in [0.1, 0.15) is 31.2 Å². The highest BCUT2D eigenvalue weighted by Crippen LogP contribution is 2.37. The fraction of sp³-hybridized carbons (Fsp3) is 0.458. The number of halogens is 3. The van der Waals surface area contributed by atoms with Crippen molar-refractivity contribution in [3.63, 3.8) is 0 Å². The van der Waals surface area contributed by atoms with Gasteiger partial charge in [0, 0.05) is 33.5 Å². The number of benzene rings is 2. The van der Waals surface area contributed by atoms with Crippen LogP contribution in [0, 0.1) is 0 Å². The van der Waals surface area contributed by atoms with Crippen molar-refractivity contribution in [2.45, 2.75) is 54.8 Å². The number of nitrogens with one attached hydrogen (secondary N) is 2. The van der Waals surface area contributed by atoms with Gasteiger partial charge in [-0.3, -0.25) is 9.00 Å². The zero-order valence-corrected chi connectivity index (χ0v) is 19.7. The number of rotatable bonds is 7. The fourth-order valence-corrected chi connectivity index (χ4v) is 5.00. The Kier molecular flexibility index (Phi) is 7.84. The molecule has 180 valence electrons. The molecule has 1 atom stereocenters. The molecule has 1 saturated carbocycles. The molecule has 1 aliphatic carbocycles. The van der Waals surface area contributed by atoms with Gasteiger partial charge in [0.25, 0.3) is 0 Å². The minimum atomic E-state index is -4.95. The van der Waals surface area contributed by atoms with Gasteiger partial charge in [-0.25, -0.2) is 0 Å². The SMILES string of the molecule is CNC1CCC(Cc2cc(-c3cccc(S(C)=O)c3)ccc2OC)(NC(=O)C(F)(F)F)CC1. The third-order valence-corrected chi connectivity index (χ3v) is 7.21. The Morgan fingerprint density at radius 3 is 2.39 bits per heavy atom. The summed E-state index contributed by atoms with van der Waals surface area (Å²) < 4.78 is 56.7. The van der Waals surface area contributed by atoms with Crippen LogP contribution in [0.15, 0.2) is 47.4 Å². The zero-order valence-electron chi connectivity index (χ0n) is 18.9. The lowest BCUT2D eigenvalue weighted by Gasteiger charge is -2.41. The molecule has 2 aromatic carbocycles. The van der Waals surface area contributed by atoms with Gasteiger partial charge in [-0.05, 0) is 80.1 Å². The number of ether oxygens (including phenoxy) is 1. The summed E-state index contributed by atoms with van der Waals surface area (Å²) in [6.45, 7) is 0. The van der Waals surface area contributed by atoms with Crippen molar-refractivity contribution in [3.8, 4) is 16.9 Å². The molecule has 1 unspecified atom stereocenters. The van der Waals surface area contributed by atoms with Gasteiger partial charge in [-0.2, -0.15) is 13.2 Å². The van der Waals surface area contributed by atoms with E-state index in [1.165, 1.54) is 7.11 Å². The van der Waals surface area contributed by atoms with Crippen LogP contribution in [0.3, 0.4) is 0 Å². The third-order valence-electron chi connectivity index (χ3n) is 6.30. The van der Waals surface area contributed by atoms with Crippen molar-refractivity contribution in [2.24, 2.45) is 0 Å². The summed E-state index contributed by atoms with van der Waals surface area (Å²) in [5.74, 6) is -1.37. The van der Waals surface area contributed by atoms with E-state index in [1.807, 2.05) is 37.4 Å². The zero-order chi connectivity index (χ0) is 24.2. The summed E-state index contributed by atoms with van der Waals surface area (Å²) in [5, 5.41) is 5.48. The van der Waals surface area contributed by atoms with E-state index in [0.29, 0.717) is 41.9 Å². The average molecular weight is 483 g/mol. The Labute approximate surface area is 194 Å². The van der Waals surface area contributed by atoms with Gasteiger partial charge >= 0.3 is 12.1 Å². The minimum Gasteiger partial charge on any atom is -0.496 e. The molecular formula is C24H29F3N2O3S. The second-order valence-electron chi connectivity index (χ2n) is 8.48.